The number of fused-ring (bicyclic) bond motifs is 3. The highest BCUT2D eigenvalue weighted by molar-refractivity contribution is 5.83. The standard InChI is InChI=1S/C21H23F2N5O/c1-12-6-16-15(3-5-18-17(16)10-26-27-18)21(28(12)11-20(22)23)19-4-2-13(9-25-19)29-14-7-24-8-14/h2-5,9-10,12,14,20-21,24H,6-8,11H2,1H3,(H,26,27)/t12-,21+/m1/s1. The van der Waals surface area contributed by atoms with Crippen molar-refractivity contribution in [3.63, 3.8) is 0 Å². The van der Waals surface area contributed by atoms with Crippen LogP contribution >= 0.6 is 0 Å². The topological polar surface area (TPSA) is 66.1 Å². The zero-order valence-corrected chi connectivity index (χ0v) is 16.1. The van der Waals surface area contributed by atoms with E-state index in [-0.39, 0.29) is 24.7 Å². The largest absolute Gasteiger partial charge is 0.486 e. The molecule has 0 spiro atoms. The molecule has 2 atom stereocenters. The maximum Gasteiger partial charge on any atom is 0.251 e. The molecule has 5 rings (SSSR count). The molecule has 0 saturated carbocycles. The molecule has 2 aliphatic heterocycles. The average molecular weight is 399 g/mol. The molecule has 2 aliphatic rings. The first-order valence-electron chi connectivity index (χ1n) is 9.92. The zero-order valence-electron chi connectivity index (χ0n) is 16.1. The second-order valence-electron chi connectivity index (χ2n) is 7.83. The van der Waals surface area contributed by atoms with E-state index in [1.54, 1.807) is 6.20 Å². The third-order valence-corrected chi connectivity index (χ3v) is 5.90. The Labute approximate surface area is 167 Å². The molecule has 1 aromatic carbocycles. The molecule has 4 heterocycles. The lowest BCUT2D eigenvalue weighted by Crippen LogP contribution is -2.50. The van der Waals surface area contributed by atoms with Crippen molar-refractivity contribution in [2.45, 2.75) is 38.0 Å². The van der Waals surface area contributed by atoms with Crippen LogP contribution in [-0.2, 0) is 6.42 Å². The van der Waals surface area contributed by atoms with Gasteiger partial charge in [0.05, 0.1) is 36.2 Å². The van der Waals surface area contributed by atoms with E-state index in [2.05, 4.69) is 20.5 Å². The quantitative estimate of drug-likeness (QED) is 0.691. The normalized spacial score (nSPS) is 22.6. The second kappa shape index (κ2) is 7.35. The summed E-state index contributed by atoms with van der Waals surface area (Å²) in [7, 11) is 0. The number of rotatable bonds is 5. The van der Waals surface area contributed by atoms with E-state index < -0.39 is 6.43 Å². The summed E-state index contributed by atoms with van der Waals surface area (Å²) >= 11 is 0. The minimum atomic E-state index is -2.41. The third-order valence-electron chi connectivity index (χ3n) is 5.90. The Morgan fingerprint density at radius 3 is 2.76 bits per heavy atom. The van der Waals surface area contributed by atoms with Gasteiger partial charge in [-0.3, -0.25) is 15.0 Å². The number of hydrogen-bond donors (Lipinski definition) is 2. The van der Waals surface area contributed by atoms with Gasteiger partial charge in [0.2, 0.25) is 0 Å². The van der Waals surface area contributed by atoms with Crippen molar-refractivity contribution in [1.82, 2.24) is 25.4 Å². The Bertz CT molecular complexity index is 1000. The number of aromatic amines is 1. The molecule has 6 nitrogen and oxygen atoms in total. The minimum Gasteiger partial charge on any atom is -0.486 e. The summed E-state index contributed by atoms with van der Waals surface area (Å²) in [5, 5.41) is 11.4. The first-order valence-corrected chi connectivity index (χ1v) is 9.92. The molecule has 1 saturated heterocycles. The molecule has 1 fully saturated rings. The maximum atomic E-state index is 13.4. The Morgan fingerprint density at radius 1 is 1.21 bits per heavy atom. The highest BCUT2D eigenvalue weighted by Crippen LogP contribution is 2.40. The number of aromatic nitrogens is 3. The van der Waals surface area contributed by atoms with Crippen LogP contribution in [0.4, 0.5) is 8.78 Å². The number of hydrogen-bond acceptors (Lipinski definition) is 5. The minimum absolute atomic E-state index is 0.0409. The molecule has 2 N–H and O–H groups in total. The van der Waals surface area contributed by atoms with E-state index in [0.29, 0.717) is 12.2 Å². The number of alkyl halides is 2. The highest BCUT2D eigenvalue weighted by Gasteiger charge is 2.36. The lowest BCUT2D eigenvalue weighted by molar-refractivity contribution is 0.0455. The van der Waals surface area contributed by atoms with Crippen LogP contribution in [0.2, 0.25) is 0 Å². The smallest absolute Gasteiger partial charge is 0.251 e. The lowest BCUT2D eigenvalue weighted by Gasteiger charge is -2.41. The molecule has 0 unspecified atom stereocenters. The first-order chi connectivity index (χ1) is 14.1. The Morgan fingerprint density at radius 2 is 2.07 bits per heavy atom. The number of nitrogens with zero attached hydrogens (tertiary/aromatic N) is 3. The van der Waals surface area contributed by atoms with Gasteiger partial charge in [0.1, 0.15) is 11.9 Å². The molecule has 152 valence electrons. The summed E-state index contributed by atoms with van der Waals surface area (Å²) in [6.45, 7) is 3.37. The van der Waals surface area contributed by atoms with Gasteiger partial charge in [0.25, 0.3) is 6.43 Å². The van der Waals surface area contributed by atoms with Crippen molar-refractivity contribution in [1.29, 1.82) is 0 Å². The first kappa shape index (κ1) is 18.4. The molecule has 0 aliphatic carbocycles. The molecule has 0 radical (unpaired) electrons. The van der Waals surface area contributed by atoms with Gasteiger partial charge in [-0.15, -0.1) is 0 Å². The van der Waals surface area contributed by atoms with Gasteiger partial charge >= 0.3 is 0 Å². The van der Waals surface area contributed by atoms with Crippen LogP contribution in [0, 0.1) is 0 Å². The average Bonchev–Trinajstić information content (AvgIpc) is 3.15. The fourth-order valence-corrected chi connectivity index (χ4v) is 4.36. The van der Waals surface area contributed by atoms with Gasteiger partial charge in [-0.25, -0.2) is 8.78 Å². The van der Waals surface area contributed by atoms with Gasteiger partial charge in [-0.2, -0.15) is 5.10 Å². The van der Waals surface area contributed by atoms with E-state index in [4.69, 9.17) is 4.74 Å². The SMILES string of the molecule is C[C@@H]1Cc2c(ccc3[nH]ncc23)[C@@H](c2ccc(OC3CNC3)cn2)N1CC(F)F. The van der Waals surface area contributed by atoms with Crippen LogP contribution in [0.5, 0.6) is 5.75 Å². The van der Waals surface area contributed by atoms with Crippen molar-refractivity contribution in [2.24, 2.45) is 0 Å². The molecule has 0 amide bonds. The highest BCUT2D eigenvalue weighted by atomic mass is 19.3. The lowest BCUT2D eigenvalue weighted by atomic mass is 9.85. The van der Waals surface area contributed by atoms with Gasteiger partial charge in [0.15, 0.2) is 0 Å². The van der Waals surface area contributed by atoms with Crippen molar-refractivity contribution >= 4 is 10.9 Å². The molecule has 3 aromatic rings. The molecular formula is C21H23F2N5O. The van der Waals surface area contributed by atoms with Crippen molar-refractivity contribution < 1.29 is 13.5 Å². The maximum absolute atomic E-state index is 13.4. The summed E-state index contributed by atoms with van der Waals surface area (Å²) < 4.78 is 32.7. The van der Waals surface area contributed by atoms with Crippen LogP contribution < -0.4 is 10.1 Å². The predicted octanol–water partition coefficient (Wildman–Crippen LogP) is 2.91. The summed E-state index contributed by atoms with van der Waals surface area (Å²) in [5.41, 5.74) is 3.88. The van der Waals surface area contributed by atoms with Crippen LogP contribution in [0.1, 0.15) is 29.8 Å². The summed E-state index contributed by atoms with van der Waals surface area (Å²) in [5.74, 6) is 0.704. The number of H-pyrrole nitrogens is 1. The van der Waals surface area contributed by atoms with Gasteiger partial charge < -0.3 is 10.1 Å². The van der Waals surface area contributed by atoms with Crippen molar-refractivity contribution in [3.8, 4) is 5.75 Å². The van der Waals surface area contributed by atoms with Crippen molar-refractivity contribution in [3.05, 3.63) is 53.5 Å². The summed E-state index contributed by atoms with van der Waals surface area (Å²) in [6.07, 6.45) is 1.97. The van der Waals surface area contributed by atoms with Crippen LogP contribution in [0.3, 0.4) is 0 Å². The fourth-order valence-electron chi connectivity index (χ4n) is 4.36. The van der Waals surface area contributed by atoms with Crippen LogP contribution in [-0.4, -0.2) is 58.3 Å². The van der Waals surface area contributed by atoms with Gasteiger partial charge in [-0.05, 0) is 42.7 Å². The van der Waals surface area contributed by atoms with Gasteiger partial charge in [0, 0.05) is 24.5 Å². The number of ether oxygens (including phenoxy) is 1. The van der Waals surface area contributed by atoms with E-state index in [1.807, 2.05) is 42.3 Å². The number of nitrogens with one attached hydrogen (secondary N) is 2. The summed E-state index contributed by atoms with van der Waals surface area (Å²) in [4.78, 5) is 6.48. The number of benzene rings is 1. The Balaban J connectivity index is 1.55. The van der Waals surface area contributed by atoms with Gasteiger partial charge in [-0.1, -0.05) is 6.07 Å². The zero-order chi connectivity index (χ0) is 20.0. The molecular weight excluding hydrogens is 376 g/mol. The van der Waals surface area contributed by atoms with Crippen LogP contribution in [0.25, 0.3) is 10.9 Å². The summed E-state index contributed by atoms with van der Waals surface area (Å²) in [6, 6.07) is 7.38. The monoisotopic (exact) mass is 399 g/mol. The molecule has 29 heavy (non-hydrogen) atoms. The van der Waals surface area contributed by atoms with E-state index >= 15 is 0 Å². The van der Waals surface area contributed by atoms with E-state index in [9.17, 15) is 8.78 Å². The number of halogens is 2. The Kier molecular flexibility index (Phi) is 4.67. The number of pyridine rings is 1. The molecule has 0 bridgehead atoms. The second-order valence-corrected chi connectivity index (χ2v) is 7.83. The van der Waals surface area contributed by atoms with Crippen LogP contribution in [0.15, 0.2) is 36.7 Å². The van der Waals surface area contributed by atoms with E-state index in [0.717, 1.165) is 40.8 Å². The Hall–Kier alpha value is -2.58. The van der Waals surface area contributed by atoms with E-state index in [1.165, 1.54) is 0 Å². The predicted molar refractivity (Wildman–Crippen MR) is 105 cm³/mol. The van der Waals surface area contributed by atoms with Crippen molar-refractivity contribution in [2.75, 3.05) is 19.6 Å². The molecule has 8 heteroatoms. The fraction of sp³-hybridized carbons (Fsp3) is 0.429. The third kappa shape index (κ3) is 3.36. The molecule has 2 aromatic heterocycles.